The van der Waals surface area contributed by atoms with Gasteiger partial charge in [-0.05, 0) is 63.7 Å². The van der Waals surface area contributed by atoms with Crippen molar-refractivity contribution in [2.45, 2.75) is 87.7 Å². The van der Waals surface area contributed by atoms with Crippen LogP contribution in [-0.4, -0.2) is 79.2 Å². The van der Waals surface area contributed by atoms with Crippen molar-refractivity contribution in [3.05, 3.63) is 24.0 Å². The van der Waals surface area contributed by atoms with Gasteiger partial charge < -0.3 is 9.47 Å². The monoisotopic (exact) mass is 528 g/mol. The number of carbonyl (C=O) groups excluding carboxylic acids is 1. The summed E-state index contributed by atoms with van der Waals surface area (Å²) < 4.78 is 64.8. The Morgan fingerprint density at radius 3 is 2.58 bits per heavy atom. The van der Waals surface area contributed by atoms with Gasteiger partial charge in [0.15, 0.2) is 5.82 Å². The number of nitrogens with one attached hydrogen (secondary N) is 1. The smallest absolute Gasteiger partial charge is 0.410 e. The predicted octanol–water partition coefficient (Wildman–Crippen LogP) is 2.71. The first-order valence-electron chi connectivity index (χ1n) is 12.7. The van der Waals surface area contributed by atoms with Crippen LogP contribution < -0.4 is 4.72 Å². The van der Waals surface area contributed by atoms with E-state index in [1.54, 1.807) is 4.90 Å². The van der Waals surface area contributed by atoms with Crippen LogP contribution in [0.25, 0.3) is 0 Å². The summed E-state index contributed by atoms with van der Waals surface area (Å²) in [5, 5.41) is 0. The molecule has 1 aromatic rings. The molecule has 200 valence electrons. The number of rotatable bonds is 8. The average Bonchev–Trinajstić information content (AvgIpc) is 3.44. The lowest BCUT2D eigenvalue weighted by Crippen LogP contribution is -2.50. The Bertz CT molecular complexity index is 1070. The van der Waals surface area contributed by atoms with E-state index in [9.17, 15) is 22.0 Å². The van der Waals surface area contributed by atoms with Crippen molar-refractivity contribution in [1.29, 1.82) is 0 Å². The quantitative estimate of drug-likeness (QED) is 0.552. The van der Waals surface area contributed by atoms with Gasteiger partial charge in [0.1, 0.15) is 12.0 Å². The fourth-order valence-electron chi connectivity index (χ4n) is 6.32. The second-order valence-corrected chi connectivity index (χ2v) is 12.9. The van der Waals surface area contributed by atoms with Crippen LogP contribution in [0.4, 0.5) is 13.6 Å². The van der Waals surface area contributed by atoms with E-state index in [1.165, 1.54) is 12.4 Å². The maximum absolute atomic E-state index is 13.2. The molecule has 36 heavy (non-hydrogen) atoms. The highest BCUT2D eigenvalue weighted by Gasteiger charge is 2.60. The van der Waals surface area contributed by atoms with Gasteiger partial charge in [0, 0.05) is 17.5 Å². The van der Waals surface area contributed by atoms with E-state index in [2.05, 4.69) is 14.7 Å². The number of alkyl halides is 1. The van der Waals surface area contributed by atoms with Crippen LogP contribution in [0, 0.1) is 17.7 Å². The van der Waals surface area contributed by atoms with Crippen LogP contribution in [0.1, 0.15) is 57.7 Å². The zero-order valence-electron chi connectivity index (χ0n) is 20.6. The minimum atomic E-state index is -3.49. The van der Waals surface area contributed by atoms with Crippen LogP contribution in [0.3, 0.4) is 0 Å². The number of aromatic nitrogens is 2. The van der Waals surface area contributed by atoms with Crippen LogP contribution in [0.15, 0.2) is 12.4 Å². The second-order valence-electron chi connectivity index (χ2n) is 11.1. The van der Waals surface area contributed by atoms with Gasteiger partial charge in [-0.1, -0.05) is 0 Å². The predicted molar refractivity (Wildman–Crippen MR) is 126 cm³/mol. The minimum Gasteiger partial charge on any atom is -0.449 e. The van der Waals surface area contributed by atoms with Crippen LogP contribution in [0.2, 0.25) is 0 Å². The zero-order valence-corrected chi connectivity index (χ0v) is 21.4. The summed E-state index contributed by atoms with van der Waals surface area (Å²) in [6.45, 7) is 2.21. The Morgan fingerprint density at radius 2 is 1.94 bits per heavy atom. The van der Waals surface area contributed by atoms with Crippen LogP contribution in [-0.2, 0) is 24.9 Å². The zero-order chi connectivity index (χ0) is 25.7. The number of halogens is 2. The van der Waals surface area contributed by atoms with E-state index in [0.29, 0.717) is 31.0 Å². The highest BCUT2D eigenvalue weighted by molar-refractivity contribution is 7.88. The van der Waals surface area contributed by atoms with Crippen molar-refractivity contribution in [2.24, 2.45) is 11.8 Å². The topological polar surface area (TPSA) is 111 Å². The van der Waals surface area contributed by atoms with Crippen molar-refractivity contribution < 1.29 is 31.5 Å². The first-order valence-corrected chi connectivity index (χ1v) is 14.6. The third-order valence-corrected chi connectivity index (χ3v) is 9.08. The van der Waals surface area contributed by atoms with E-state index < -0.39 is 40.2 Å². The van der Waals surface area contributed by atoms with Gasteiger partial charge in [-0.2, -0.15) is 0 Å². The molecule has 2 heterocycles. The highest BCUT2D eigenvalue weighted by atomic mass is 32.2. The Hall–Kier alpha value is -1.92. The fraction of sp³-hybridized carbons (Fsp3) is 0.792. The molecule has 0 bridgehead atoms. The minimum absolute atomic E-state index is 0.0322. The number of ether oxygens (including phenoxy) is 2. The second kappa shape index (κ2) is 9.75. The largest absolute Gasteiger partial charge is 0.449 e. The molecule has 0 aromatic carbocycles. The molecular weight excluding hydrogens is 494 g/mol. The molecular formula is C24H34F2N4O5S. The molecule has 9 nitrogen and oxygen atoms in total. The lowest BCUT2D eigenvalue weighted by atomic mass is 9.84. The van der Waals surface area contributed by atoms with Crippen molar-refractivity contribution in [1.82, 2.24) is 19.6 Å². The SMILES string of the molecule is C[C@@H]1C[C@H](NS(C)(=O)=O)[C@H](CO[C@H]2CC[C@@]3(c4ncc(F)cn4)C[C@H]3C2)N1C(=O)OCC1CC(F)C1. The molecule has 1 saturated heterocycles. The van der Waals surface area contributed by atoms with E-state index >= 15 is 0 Å². The number of hydrogen-bond acceptors (Lipinski definition) is 7. The Kier molecular flexibility index (Phi) is 6.97. The molecule has 0 unspecified atom stereocenters. The van der Waals surface area contributed by atoms with Crippen molar-refractivity contribution >= 4 is 16.1 Å². The number of nitrogens with zero attached hydrogens (tertiary/aromatic N) is 3. The van der Waals surface area contributed by atoms with E-state index in [-0.39, 0.29) is 36.7 Å². The summed E-state index contributed by atoms with van der Waals surface area (Å²) in [5.41, 5.74) is -0.105. The maximum Gasteiger partial charge on any atom is 0.410 e. The molecule has 1 aromatic heterocycles. The van der Waals surface area contributed by atoms with Crippen molar-refractivity contribution in [3.8, 4) is 0 Å². The summed E-state index contributed by atoms with van der Waals surface area (Å²) in [6, 6.07) is -1.24. The van der Waals surface area contributed by atoms with Crippen molar-refractivity contribution in [2.75, 3.05) is 19.5 Å². The fourth-order valence-corrected chi connectivity index (χ4v) is 7.12. The van der Waals surface area contributed by atoms with Gasteiger partial charge in [0.05, 0.1) is 44.0 Å². The summed E-state index contributed by atoms with van der Waals surface area (Å²) in [5.74, 6) is 0.633. The lowest BCUT2D eigenvalue weighted by Gasteiger charge is -2.34. The number of sulfonamides is 1. The summed E-state index contributed by atoms with van der Waals surface area (Å²) >= 11 is 0. The van der Waals surface area contributed by atoms with Crippen molar-refractivity contribution in [3.63, 3.8) is 0 Å². The first kappa shape index (κ1) is 25.7. The summed E-state index contributed by atoms with van der Waals surface area (Å²) in [7, 11) is -3.49. The molecule has 1 amide bonds. The van der Waals surface area contributed by atoms with Gasteiger partial charge >= 0.3 is 6.09 Å². The Labute approximate surface area is 210 Å². The number of amides is 1. The van der Waals surface area contributed by atoms with Gasteiger partial charge in [0.25, 0.3) is 0 Å². The van der Waals surface area contributed by atoms with Gasteiger partial charge in [-0.3, -0.25) is 4.90 Å². The normalized spacial score (nSPS) is 37.8. The third kappa shape index (κ3) is 5.35. The number of fused-ring (bicyclic) bond motifs is 1. The molecule has 4 fully saturated rings. The van der Waals surface area contributed by atoms with Crippen LogP contribution >= 0.6 is 0 Å². The molecule has 6 atom stereocenters. The number of hydrogen-bond donors (Lipinski definition) is 1. The molecule has 0 radical (unpaired) electrons. The van der Waals surface area contributed by atoms with Gasteiger partial charge in [-0.25, -0.2) is 36.7 Å². The molecule has 5 rings (SSSR count). The molecule has 0 spiro atoms. The van der Waals surface area contributed by atoms with E-state index in [1.807, 2.05) is 6.92 Å². The molecule has 3 aliphatic carbocycles. The molecule has 1 N–H and O–H groups in total. The molecule has 3 saturated carbocycles. The van der Waals surface area contributed by atoms with Gasteiger partial charge in [0.2, 0.25) is 10.0 Å². The number of carbonyl (C=O) groups is 1. The van der Waals surface area contributed by atoms with Gasteiger partial charge in [-0.15, -0.1) is 0 Å². The Morgan fingerprint density at radius 1 is 1.22 bits per heavy atom. The van der Waals surface area contributed by atoms with E-state index in [0.717, 1.165) is 31.9 Å². The van der Waals surface area contributed by atoms with E-state index in [4.69, 9.17) is 9.47 Å². The molecule has 12 heteroatoms. The third-order valence-electron chi connectivity index (χ3n) is 8.35. The standard InChI is InChI=1S/C24H34F2N4O5S/c1-14-5-20(29-36(2,32)33)21(30(14)23(31)35-12-15-6-17(25)7-15)13-34-19-3-4-24(9-16(24)8-19)22-27-10-18(26)11-28-22/h10-11,14-17,19-21,29H,3-9,12-13H2,1-2H3/t14-,15?,16-,17?,19+,20+,21+,24-/m1/s1. The first-order chi connectivity index (χ1) is 17.0. The number of likely N-dealkylation sites (tertiary alicyclic amines) is 1. The van der Waals surface area contributed by atoms with Crippen LogP contribution in [0.5, 0.6) is 0 Å². The lowest BCUT2D eigenvalue weighted by molar-refractivity contribution is -0.0165. The molecule has 1 aliphatic heterocycles. The highest BCUT2D eigenvalue weighted by Crippen LogP contribution is 2.61. The summed E-state index contributed by atoms with van der Waals surface area (Å²) in [6.07, 6.45) is 6.77. The molecule has 4 aliphatic rings. The average molecular weight is 529 g/mol. The Balaban J connectivity index is 1.20. The summed E-state index contributed by atoms with van der Waals surface area (Å²) in [4.78, 5) is 23.0. The maximum atomic E-state index is 13.2.